The maximum Gasteiger partial charge on any atom is 0.264 e. The van der Waals surface area contributed by atoms with Crippen LogP contribution in [-0.2, 0) is 40.7 Å². The van der Waals surface area contributed by atoms with Gasteiger partial charge < -0.3 is 9.47 Å². The quantitative estimate of drug-likeness (QED) is 0.0980. The van der Waals surface area contributed by atoms with Gasteiger partial charge in [0.2, 0.25) is 0 Å². The molecule has 0 aliphatic carbocycles. The summed E-state index contributed by atoms with van der Waals surface area (Å²) in [5, 5.41) is 4.21. The van der Waals surface area contributed by atoms with Crippen LogP contribution >= 0.6 is 55.8 Å². The third-order valence-corrected chi connectivity index (χ3v) is 7.43. The zero-order chi connectivity index (χ0) is 29.8. The summed E-state index contributed by atoms with van der Waals surface area (Å²) >= 11 is 6.78. The number of nitrogens with zero attached hydrogens (tertiary/aromatic N) is 2. The molecule has 4 aromatic carbocycles. The molecule has 11 heteroatoms. The van der Waals surface area contributed by atoms with Crippen LogP contribution in [0.15, 0.2) is 124 Å². The predicted octanol–water partition coefficient (Wildman–Crippen LogP) is 8.64. The smallest absolute Gasteiger partial charge is 0.264 e. The first-order chi connectivity index (χ1) is 20.2. The minimum absolute atomic E-state index is 0. The molecule has 0 saturated heterocycles. The Bertz CT molecular complexity index is 1620. The zero-order valence-electron chi connectivity index (χ0n) is 23.3. The van der Waals surface area contributed by atoms with Crippen LogP contribution in [-0.4, -0.2) is 24.5 Å². The average Bonchev–Trinajstić information content (AvgIpc) is 3.50. The molecule has 0 N–H and O–H groups in total. The lowest BCUT2D eigenvalue weighted by Crippen LogP contribution is -2.03. The molecular formula is C32H33Br2IN2O5S. The van der Waals surface area contributed by atoms with Crippen molar-refractivity contribution in [2.75, 3.05) is 6.26 Å². The van der Waals surface area contributed by atoms with E-state index in [1.807, 2.05) is 89.7 Å². The highest BCUT2D eigenvalue weighted by Crippen LogP contribution is 2.19. The number of ether oxygens (including phenoxy) is 2. The van der Waals surface area contributed by atoms with E-state index in [1.165, 1.54) is 5.56 Å². The molecule has 7 nitrogen and oxygen atoms in total. The Kier molecular flexibility index (Phi) is 14.2. The SMILES string of the molecule is Brc1ccc(OCc2ccc(Cn3cccn3)cc2)cc1.CS(=O)(=O)OCc1ccc(COc2ccc(Br)cc2)cc1.I.[HH]. The summed E-state index contributed by atoms with van der Waals surface area (Å²) in [5.74, 6) is 1.67. The van der Waals surface area contributed by atoms with Crippen LogP contribution in [0, 0.1) is 0 Å². The van der Waals surface area contributed by atoms with Crippen molar-refractivity contribution >= 4 is 66.0 Å². The summed E-state index contributed by atoms with van der Waals surface area (Å²) in [4.78, 5) is 0. The molecule has 0 radical (unpaired) electrons. The van der Waals surface area contributed by atoms with Gasteiger partial charge in [0, 0.05) is 22.8 Å². The molecule has 1 heterocycles. The van der Waals surface area contributed by atoms with Crippen LogP contribution in [0.5, 0.6) is 11.5 Å². The fraction of sp³-hybridized carbons (Fsp3) is 0.156. The normalized spacial score (nSPS) is 10.7. The number of aromatic nitrogens is 2. The molecule has 0 unspecified atom stereocenters. The van der Waals surface area contributed by atoms with E-state index in [9.17, 15) is 8.42 Å². The molecule has 0 aliphatic heterocycles. The molecule has 228 valence electrons. The number of hydrogen-bond donors (Lipinski definition) is 0. The van der Waals surface area contributed by atoms with E-state index in [1.54, 1.807) is 6.20 Å². The molecule has 0 atom stereocenters. The maximum absolute atomic E-state index is 10.9. The van der Waals surface area contributed by atoms with Crippen LogP contribution in [0.2, 0.25) is 0 Å². The molecule has 0 spiro atoms. The van der Waals surface area contributed by atoms with Crippen LogP contribution in [0.4, 0.5) is 0 Å². The van der Waals surface area contributed by atoms with Crippen molar-refractivity contribution < 1.29 is 23.5 Å². The first-order valence-corrected chi connectivity index (χ1v) is 16.4. The van der Waals surface area contributed by atoms with Gasteiger partial charge in [-0.25, -0.2) is 0 Å². The third kappa shape index (κ3) is 13.2. The Morgan fingerprint density at radius 3 is 1.49 bits per heavy atom. The Hall–Kier alpha value is -2.71. The van der Waals surface area contributed by atoms with Gasteiger partial charge in [-0.2, -0.15) is 13.5 Å². The van der Waals surface area contributed by atoms with Crippen molar-refractivity contribution in [2.45, 2.75) is 26.4 Å². The molecule has 0 bridgehead atoms. The van der Waals surface area contributed by atoms with E-state index in [0.29, 0.717) is 13.2 Å². The lowest BCUT2D eigenvalue weighted by Gasteiger charge is -2.07. The zero-order valence-corrected chi connectivity index (χ0v) is 29.6. The van der Waals surface area contributed by atoms with Gasteiger partial charge in [-0.15, -0.1) is 24.0 Å². The number of benzene rings is 4. The Morgan fingerprint density at radius 2 is 1.09 bits per heavy atom. The van der Waals surface area contributed by atoms with Crippen LogP contribution < -0.4 is 9.47 Å². The van der Waals surface area contributed by atoms with E-state index in [4.69, 9.17) is 13.7 Å². The van der Waals surface area contributed by atoms with Gasteiger partial charge in [0.1, 0.15) is 24.7 Å². The lowest BCUT2D eigenvalue weighted by atomic mass is 10.1. The second-order valence-corrected chi connectivity index (χ2v) is 12.8. The largest absolute Gasteiger partial charge is 0.489 e. The molecule has 0 amide bonds. The van der Waals surface area contributed by atoms with Crippen molar-refractivity contribution in [3.05, 3.63) is 147 Å². The molecule has 0 fully saturated rings. The molecule has 5 aromatic rings. The van der Waals surface area contributed by atoms with Gasteiger partial charge in [0.25, 0.3) is 10.1 Å². The van der Waals surface area contributed by atoms with E-state index in [2.05, 4.69) is 61.2 Å². The second-order valence-electron chi connectivity index (χ2n) is 9.29. The number of hydrogen-bond acceptors (Lipinski definition) is 6. The van der Waals surface area contributed by atoms with E-state index in [0.717, 1.165) is 49.9 Å². The second kappa shape index (κ2) is 17.6. The van der Waals surface area contributed by atoms with Crippen molar-refractivity contribution in [3.63, 3.8) is 0 Å². The van der Waals surface area contributed by atoms with Crippen LogP contribution in [0.3, 0.4) is 0 Å². The Balaban J connectivity index is 0.000000293. The molecule has 43 heavy (non-hydrogen) atoms. The lowest BCUT2D eigenvalue weighted by molar-refractivity contribution is 0.304. The fourth-order valence-electron chi connectivity index (χ4n) is 3.62. The van der Waals surface area contributed by atoms with Crippen molar-refractivity contribution in [1.29, 1.82) is 0 Å². The molecular weight excluding hydrogens is 811 g/mol. The van der Waals surface area contributed by atoms with E-state index >= 15 is 0 Å². The fourth-order valence-corrected chi connectivity index (χ4v) is 4.50. The van der Waals surface area contributed by atoms with Gasteiger partial charge >= 0.3 is 0 Å². The molecule has 0 saturated carbocycles. The highest BCUT2D eigenvalue weighted by Gasteiger charge is 2.03. The Labute approximate surface area is 288 Å². The highest BCUT2D eigenvalue weighted by atomic mass is 127. The minimum Gasteiger partial charge on any atom is -0.489 e. The average molecular weight is 844 g/mol. The topological polar surface area (TPSA) is 79.7 Å². The molecule has 1 aromatic heterocycles. The summed E-state index contributed by atoms with van der Waals surface area (Å²) in [5.41, 5.74) is 4.18. The summed E-state index contributed by atoms with van der Waals surface area (Å²) in [7, 11) is -3.41. The minimum atomic E-state index is -3.41. The maximum atomic E-state index is 10.9. The van der Waals surface area contributed by atoms with Crippen molar-refractivity contribution in [3.8, 4) is 11.5 Å². The monoisotopic (exact) mass is 842 g/mol. The van der Waals surface area contributed by atoms with Crippen molar-refractivity contribution in [2.24, 2.45) is 0 Å². The standard InChI is InChI=1S/C17H15BrN2O.C15H15BrO4S.HI.H2/c18-16-6-8-17(9-7-16)21-13-15-4-2-14(3-5-15)12-20-11-1-10-19-20;1-21(17,18)20-11-13-4-2-12(3-5-13)10-19-15-8-6-14(16)7-9-15;;/h1-11H,12-13H2;2-9H,10-11H2,1H3;2*1H. The summed E-state index contributed by atoms with van der Waals surface area (Å²) in [6, 6.07) is 33.2. The van der Waals surface area contributed by atoms with Gasteiger partial charge in [-0.3, -0.25) is 8.86 Å². The van der Waals surface area contributed by atoms with Crippen molar-refractivity contribution in [1.82, 2.24) is 9.78 Å². The summed E-state index contributed by atoms with van der Waals surface area (Å²) in [6.07, 6.45) is 4.79. The van der Waals surface area contributed by atoms with E-state index in [-0.39, 0.29) is 32.0 Å². The number of halogens is 3. The van der Waals surface area contributed by atoms with Crippen LogP contribution in [0.25, 0.3) is 0 Å². The Morgan fingerprint density at radius 1 is 0.674 bits per heavy atom. The van der Waals surface area contributed by atoms with Gasteiger partial charge in [-0.05, 0) is 76.9 Å². The summed E-state index contributed by atoms with van der Waals surface area (Å²) < 4.78 is 41.9. The van der Waals surface area contributed by atoms with Gasteiger partial charge in [-0.1, -0.05) is 80.4 Å². The van der Waals surface area contributed by atoms with Crippen LogP contribution in [0.1, 0.15) is 23.7 Å². The third-order valence-electron chi connectivity index (χ3n) is 5.83. The first kappa shape index (κ1) is 34.8. The molecule has 0 aliphatic rings. The first-order valence-electron chi connectivity index (χ1n) is 13.0. The summed E-state index contributed by atoms with van der Waals surface area (Å²) in [6.45, 7) is 1.87. The van der Waals surface area contributed by atoms with E-state index < -0.39 is 10.1 Å². The molecule has 5 rings (SSSR count). The van der Waals surface area contributed by atoms with Gasteiger partial charge in [0.15, 0.2) is 0 Å². The predicted molar refractivity (Wildman–Crippen MR) is 188 cm³/mol. The van der Waals surface area contributed by atoms with Gasteiger partial charge in [0.05, 0.1) is 19.4 Å². The number of rotatable bonds is 11. The highest BCUT2D eigenvalue weighted by molar-refractivity contribution is 14.0.